The van der Waals surface area contributed by atoms with Crippen LogP contribution in [-0.4, -0.2) is 16.3 Å². The molecule has 1 aromatic rings. The van der Waals surface area contributed by atoms with E-state index in [-0.39, 0.29) is 12.1 Å². The minimum Gasteiger partial charge on any atom is -0.393 e. The Morgan fingerprint density at radius 2 is 2.17 bits per heavy atom. The maximum atomic E-state index is 12.0. The molecule has 0 aliphatic rings. The molecule has 0 spiro atoms. The number of hydrogen-bond donors (Lipinski definition) is 1. The monoisotopic (exact) mass is 263 g/mol. The van der Waals surface area contributed by atoms with Gasteiger partial charge in [0.1, 0.15) is 5.69 Å². The van der Waals surface area contributed by atoms with Crippen LogP contribution in [0.2, 0.25) is 0 Å². The number of halogens is 3. The summed E-state index contributed by atoms with van der Waals surface area (Å²) in [5, 5.41) is 18.9. The Bertz CT molecular complexity index is 572. The van der Waals surface area contributed by atoms with Crippen molar-refractivity contribution in [2.45, 2.75) is 12.8 Å². The number of aromatic amines is 1. The van der Waals surface area contributed by atoms with E-state index in [4.69, 9.17) is 5.26 Å². The number of nitro groups is 1. The third-order valence-corrected chi connectivity index (χ3v) is 1.69. The first-order valence-electron chi connectivity index (χ1n) is 4.28. The first-order chi connectivity index (χ1) is 8.24. The first kappa shape index (κ1) is 13.5. The molecule has 10 heteroatoms. The van der Waals surface area contributed by atoms with Crippen molar-refractivity contribution in [2.75, 3.05) is 0 Å². The molecule has 0 aliphatic heterocycles. The largest absolute Gasteiger partial charge is 0.573 e. The summed E-state index contributed by atoms with van der Waals surface area (Å²) in [4.78, 5) is 22.5. The molecule has 1 heterocycles. The van der Waals surface area contributed by atoms with Crippen molar-refractivity contribution in [1.82, 2.24) is 4.98 Å². The zero-order valence-corrected chi connectivity index (χ0v) is 8.45. The summed E-state index contributed by atoms with van der Waals surface area (Å²) in [5.74, 6) is -2.71. The zero-order valence-electron chi connectivity index (χ0n) is 8.45. The van der Waals surface area contributed by atoms with Gasteiger partial charge in [-0.2, -0.15) is 5.26 Å². The van der Waals surface area contributed by atoms with Crippen molar-refractivity contribution in [3.63, 3.8) is 0 Å². The highest BCUT2D eigenvalue weighted by molar-refractivity contribution is 5.41. The number of pyridine rings is 1. The molecule has 0 atom stereocenters. The SMILES string of the molecule is N#CCc1cc(=O)c(OC(F)(F)F)c([N+](=O)[O-])[nH]1. The summed E-state index contributed by atoms with van der Waals surface area (Å²) in [6.07, 6.45) is -5.61. The molecular weight excluding hydrogens is 259 g/mol. The standard InChI is InChI=1S/C8H4F3N3O4/c9-8(10,11)18-6-5(15)3-4(1-2-12)13-7(6)14(16)17/h3H,1H2,(H,13,15). The fourth-order valence-corrected chi connectivity index (χ4v) is 1.11. The third-order valence-electron chi connectivity index (χ3n) is 1.69. The normalized spacial score (nSPS) is 10.8. The molecule has 96 valence electrons. The number of hydrogen-bond acceptors (Lipinski definition) is 5. The van der Waals surface area contributed by atoms with Crippen LogP contribution in [-0.2, 0) is 6.42 Å². The molecule has 0 saturated carbocycles. The lowest BCUT2D eigenvalue weighted by atomic mass is 10.2. The number of alkyl halides is 3. The van der Waals surface area contributed by atoms with E-state index in [0.29, 0.717) is 6.07 Å². The van der Waals surface area contributed by atoms with Crippen LogP contribution in [0.15, 0.2) is 10.9 Å². The Hall–Kier alpha value is -2.57. The highest BCUT2D eigenvalue weighted by Crippen LogP contribution is 2.27. The Labute approximate surface area is 96.6 Å². The molecule has 0 fully saturated rings. The predicted molar refractivity (Wildman–Crippen MR) is 49.7 cm³/mol. The van der Waals surface area contributed by atoms with Gasteiger partial charge in [0.2, 0.25) is 5.43 Å². The summed E-state index contributed by atoms with van der Waals surface area (Å²) in [7, 11) is 0. The highest BCUT2D eigenvalue weighted by Gasteiger charge is 2.36. The van der Waals surface area contributed by atoms with Crippen LogP contribution in [0.5, 0.6) is 5.75 Å². The zero-order chi connectivity index (χ0) is 13.9. The van der Waals surface area contributed by atoms with E-state index in [1.54, 1.807) is 6.07 Å². The van der Waals surface area contributed by atoms with Gasteiger partial charge >= 0.3 is 12.2 Å². The van der Waals surface area contributed by atoms with Crippen molar-refractivity contribution >= 4 is 5.82 Å². The Balaban J connectivity index is 3.38. The van der Waals surface area contributed by atoms with Gasteiger partial charge in [0.05, 0.1) is 12.5 Å². The molecular formula is C8H4F3N3O4. The fourth-order valence-electron chi connectivity index (χ4n) is 1.11. The quantitative estimate of drug-likeness (QED) is 0.651. The maximum absolute atomic E-state index is 12.0. The van der Waals surface area contributed by atoms with Crippen LogP contribution in [0.4, 0.5) is 19.0 Å². The summed E-state index contributed by atoms with van der Waals surface area (Å²) in [5.41, 5.74) is -1.51. The molecule has 0 unspecified atom stereocenters. The van der Waals surface area contributed by atoms with Gasteiger partial charge < -0.3 is 14.9 Å². The molecule has 7 nitrogen and oxygen atoms in total. The number of H-pyrrole nitrogens is 1. The fraction of sp³-hybridized carbons (Fsp3) is 0.250. The molecule has 0 saturated heterocycles. The van der Waals surface area contributed by atoms with Gasteiger partial charge in [-0.1, -0.05) is 0 Å². The van der Waals surface area contributed by atoms with Crippen LogP contribution in [0.25, 0.3) is 0 Å². The van der Waals surface area contributed by atoms with E-state index in [1.807, 2.05) is 4.98 Å². The Kier molecular flexibility index (Phi) is 3.55. The van der Waals surface area contributed by atoms with Crippen LogP contribution in [0, 0.1) is 21.4 Å². The van der Waals surface area contributed by atoms with Gasteiger partial charge in [0, 0.05) is 6.07 Å². The molecule has 1 aromatic heterocycles. The lowest BCUT2D eigenvalue weighted by Gasteiger charge is -2.08. The van der Waals surface area contributed by atoms with Crippen LogP contribution in [0.1, 0.15) is 5.69 Å². The number of aromatic nitrogens is 1. The molecule has 0 aromatic carbocycles. The highest BCUT2D eigenvalue weighted by atomic mass is 19.4. The van der Waals surface area contributed by atoms with Crippen LogP contribution < -0.4 is 10.2 Å². The smallest absolute Gasteiger partial charge is 0.393 e. The van der Waals surface area contributed by atoms with Crippen molar-refractivity contribution in [2.24, 2.45) is 0 Å². The number of nitrogens with one attached hydrogen (secondary N) is 1. The first-order valence-corrected chi connectivity index (χ1v) is 4.28. The summed E-state index contributed by atoms with van der Waals surface area (Å²) < 4.78 is 39.2. The lowest BCUT2D eigenvalue weighted by Crippen LogP contribution is -2.23. The molecule has 0 radical (unpaired) electrons. The van der Waals surface area contributed by atoms with Gasteiger partial charge in [-0.25, -0.2) is 4.98 Å². The van der Waals surface area contributed by atoms with E-state index in [9.17, 15) is 28.1 Å². The number of rotatable bonds is 3. The Morgan fingerprint density at radius 3 is 2.61 bits per heavy atom. The van der Waals surface area contributed by atoms with E-state index in [1.165, 1.54) is 0 Å². The predicted octanol–water partition coefficient (Wildman–Crippen LogP) is 1.25. The average molecular weight is 263 g/mol. The number of nitrogens with zero attached hydrogens (tertiary/aromatic N) is 2. The lowest BCUT2D eigenvalue weighted by molar-refractivity contribution is -0.393. The van der Waals surface area contributed by atoms with Crippen molar-refractivity contribution in [3.05, 3.63) is 32.1 Å². The summed E-state index contributed by atoms with van der Waals surface area (Å²) in [6, 6.07) is 2.23. The molecule has 1 rings (SSSR count). The van der Waals surface area contributed by atoms with Gasteiger partial charge in [0.15, 0.2) is 0 Å². The van der Waals surface area contributed by atoms with Gasteiger partial charge in [-0.05, 0) is 4.92 Å². The second kappa shape index (κ2) is 4.74. The van der Waals surface area contributed by atoms with Gasteiger partial charge in [-0.3, -0.25) is 4.79 Å². The molecule has 0 amide bonds. The molecule has 0 aliphatic carbocycles. The summed E-state index contributed by atoms with van der Waals surface area (Å²) in [6.45, 7) is 0. The molecule has 18 heavy (non-hydrogen) atoms. The molecule has 1 N–H and O–H groups in total. The minimum absolute atomic E-state index is 0.177. The van der Waals surface area contributed by atoms with Gasteiger partial charge in [0.25, 0.3) is 5.75 Å². The van der Waals surface area contributed by atoms with Crippen molar-refractivity contribution in [1.29, 1.82) is 5.26 Å². The Morgan fingerprint density at radius 1 is 1.56 bits per heavy atom. The topological polar surface area (TPSA) is 109 Å². The number of nitriles is 1. The molecule has 0 bridgehead atoms. The van der Waals surface area contributed by atoms with E-state index < -0.39 is 28.3 Å². The summed E-state index contributed by atoms with van der Waals surface area (Å²) >= 11 is 0. The number of ether oxygens (including phenoxy) is 1. The average Bonchev–Trinajstić information content (AvgIpc) is 2.20. The van der Waals surface area contributed by atoms with E-state index >= 15 is 0 Å². The second-order valence-electron chi connectivity index (χ2n) is 2.98. The van der Waals surface area contributed by atoms with Crippen LogP contribution in [0.3, 0.4) is 0 Å². The minimum atomic E-state index is -5.23. The van der Waals surface area contributed by atoms with Gasteiger partial charge in [-0.15, -0.1) is 13.2 Å². The van der Waals surface area contributed by atoms with Crippen molar-refractivity contribution in [3.8, 4) is 11.8 Å². The maximum Gasteiger partial charge on any atom is 0.573 e. The van der Waals surface area contributed by atoms with E-state index in [2.05, 4.69) is 4.74 Å². The van der Waals surface area contributed by atoms with Crippen LogP contribution >= 0.6 is 0 Å². The van der Waals surface area contributed by atoms with Crippen molar-refractivity contribution < 1.29 is 22.8 Å². The third kappa shape index (κ3) is 3.21. The van der Waals surface area contributed by atoms with E-state index in [0.717, 1.165) is 0 Å². The second-order valence-corrected chi connectivity index (χ2v) is 2.98.